The van der Waals surface area contributed by atoms with Crippen molar-refractivity contribution in [3.63, 3.8) is 0 Å². The minimum atomic E-state index is 0. The molecule has 2 aromatic rings. The first-order chi connectivity index (χ1) is 12.7. The molecule has 1 aliphatic heterocycles. The summed E-state index contributed by atoms with van der Waals surface area (Å²) in [5.74, 6) is 1.60. The van der Waals surface area contributed by atoms with E-state index >= 15 is 0 Å². The van der Waals surface area contributed by atoms with Crippen molar-refractivity contribution in [3.8, 4) is 0 Å². The van der Waals surface area contributed by atoms with Crippen LogP contribution in [0.15, 0.2) is 59.6 Å². The molecule has 0 bridgehead atoms. The molecule has 1 N–H and O–H groups in total. The highest BCUT2D eigenvalue weighted by Gasteiger charge is 2.25. The van der Waals surface area contributed by atoms with Gasteiger partial charge in [0.2, 0.25) is 0 Å². The van der Waals surface area contributed by atoms with Crippen LogP contribution in [0.1, 0.15) is 29.0 Å². The van der Waals surface area contributed by atoms with Crippen molar-refractivity contribution in [2.75, 3.05) is 34.2 Å². The lowest BCUT2D eigenvalue weighted by molar-refractivity contribution is 0.400. The van der Waals surface area contributed by atoms with Gasteiger partial charge in [-0.3, -0.25) is 4.99 Å². The van der Waals surface area contributed by atoms with Crippen molar-refractivity contribution in [3.05, 3.63) is 71.3 Å². The van der Waals surface area contributed by atoms with Gasteiger partial charge in [-0.25, -0.2) is 0 Å². The molecule has 0 aromatic heterocycles. The number of halogens is 1. The maximum Gasteiger partial charge on any atom is 0.193 e. The molecule has 1 fully saturated rings. The molecule has 1 atom stereocenters. The fourth-order valence-electron chi connectivity index (χ4n) is 3.68. The van der Waals surface area contributed by atoms with Crippen LogP contribution in [0.2, 0.25) is 0 Å². The van der Waals surface area contributed by atoms with Crippen molar-refractivity contribution in [1.29, 1.82) is 0 Å². The van der Waals surface area contributed by atoms with Gasteiger partial charge in [0.05, 0.1) is 0 Å². The SMILES string of the molecule is CN=C(NCc1ccccc1CN(C)C)N1CCC(c2ccccc2)C1.I. The van der Waals surface area contributed by atoms with Crippen LogP contribution in [0.3, 0.4) is 0 Å². The second kappa shape index (κ2) is 10.7. The summed E-state index contributed by atoms with van der Waals surface area (Å²) in [5.41, 5.74) is 4.13. The van der Waals surface area contributed by atoms with E-state index in [2.05, 4.69) is 88.8 Å². The van der Waals surface area contributed by atoms with Crippen molar-refractivity contribution in [1.82, 2.24) is 15.1 Å². The second-order valence-corrected chi connectivity index (χ2v) is 7.25. The van der Waals surface area contributed by atoms with E-state index in [4.69, 9.17) is 0 Å². The molecule has 5 heteroatoms. The summed E-state index contributed by atoms with van der Waals surface area (Å²) in [5, 5.41) is 3.57. The summed E-state index contributed by atoms with van der Waals surface area (Å²) in [6.07, 6.45) is 1.18. The molecule has 0 amide bonds. The Morgan fingerprint density at radius 1 is 1.07 bits per heavy atom. The number of hydrogen-bond acceptors (Lipinski definition) is 2. The van der Waals surface area contributed by atoms with Crippen LogP contribution >= 0.6 is 24.0 Å². The van der Waals surface area contributed by atoms with Gasteiger partial charge in [0.1, 0.15) is 0 Å². The molecule has 146 valence electrons. The number of aliphatic imine (C=N–C) groups is 1. The highest BCUT2D eigenvalue weighted by Crippen LogP contribution is 2.26. The first kappa shape index (κ1) is 21.7. The number of guanidine groups is 1. The van der Waals surface area contributed by atoms with Gasteiger partial charge in [0, 0.05) is 39.1 Å². The summed E-state index contributed by atoms with van der Waals surface area (Å²) < 4.78 is 0. The van der Waals surface area contributed by atoms with Crippen LogP contribution < -0.4 is 5.32 Å². The quantitative estimate of drug-likeness (QED) is 0.402. The van der Waals surface area contributed by atoms with Crippen LogP contribution in [0.5, 0.6) is 0 Å². The van der Waals surface area contributed by atoms with Gasteiger partial charge in [-0.15, -0.1) is 24.0 Å². The number of hydrogen-bond donors (Lipinski definition) is 1. The first-order valence-corrected chi connectivity index (χ1v) is 9.39. The predicted octanol–water partition coefficient (Wildman–Crippen LogP) is 3.93. The number of likely N-dealkylation sites (tertiary alicyclic amines) is 1. The zero-order chi connectivity index (χ0) is 18.4. The average molecular weight is 478 g/mol. The molecule has 1 heterocycles. The van der Waals surface area contributed by atoms with E-state index in [-0.39, 0.29) is 24.0 Å². The van der Waals surface area contributed by atoms with Gasteiger partial charge in [0.15, 0.2) is 5.96 Å². The third-order valence-corrected chi connectivity index (χ3v) is 5.01. The normalized spacial score (nSPS) is 17.1. The molecule has 27 heavy (non-hydrogen) atoms. The Hall–Kier alpha value is -1.60. The molecule has 2 aromatic carbocycles. The highest BCUT2D eigenvalue weighted by atomic mass is 127. The summed E-state index contributed by atoms with van der Waals surface area (Å²) in [4.78, 5) is 9.11. The fraction of sp³-hybridized carbons (Fsp3) is 0.409. The monoisotopic (exact) mass is 478 g/mol. The summed E-state index contributed by atoms with van der Waals surface area (Å²) >= 11 is 0. The third kappa shape index (κ3) is 5.94. The number of benzene rings is 2. The predicted molar refractivity (Wildman–Crippen MR) is 125 cm³/mol. The van der Waals surface area contributed by atoms with E-state index in [0.717, 1.165) is 32.1 Å². The summed E-state index contributed by atoms with van der Waals surface area (Å²) in [6.45, 7) is 3.85. The van der Waals surface area contributed by atoms with Gasteiger partial charge in [-0.1, -0.05) is 54.6 Å². The molecule has 1 saturated heterocycles. The van der Waals surface area contributed by atoms with E-state index in [9.17, 15) is 0 Å². The van der Waals surface area contributed by atoms with Crippen LogP contribution in [0.4, 0.5) is 0 Å². The Morgan fingerprint density at radius 2 is 1.74 bits per heavy atom. The van der Waals surface area contributed by atoms with Crippen LogP contribution in [0, 0.1) is 0 Å². The largest absolute Gasteiger partial charge is 0.352 e. The average Bonchev–Trinajstić information content (AvgIpc) is 3.14. The fourth-order valence-corrected chi connectivity index (χ4v) is 3.68. The van der Waals surface area contributed by atoms with Crippen LogP contribution in [-0.4, -0.2) is 50.0 Å². The second-order valence-electron chi connectivity index (χ2n) is 7.25. The molecule has 0 radical (unpaired) electrons. The maximum absolute atomic E-state index is 4.52. The number of rotatable bonds is 5. The molecule has 0 aliphatic carbocycles. The lowest BCUT2D eigenvalue weighted by atomic mass is 9.99. The standard InChI is InChI=1S/C22H30N4.HI/c1-23-22(24-15-19-11-7-8-12-20(19)16-25(2)3)26-14-13-21(17-26)18-9-5-4-6-10-18;/h4-12,21H,13-17H2,1-3H3,(H,23,24);1H. The van der Waals surface area contributed by atoms with E-state index in [0.29, 0.717) is 5.92 Å². The van der Waals surface area contributed by atoms with Gasteiger partial charge in [-0.2, -0.15) is 0 Å². The highest BCUT2D eigenvalue weighted by molar-refractivity contribution is 14.0. The van der Waals surface area contributed by atoms with Gasteiger partial charge in [-0.05, 0) is 37.2 Å². The van der Waals surface area contributed by atoms with Crippen LogP contribution in [0.25, 0.3) is 0 Å². The van der Waals surface area contributed by atoms with E-state index in [1.54, 1.807) is 0 Å². The molecule has 0 spiro atoms. The number of nitrogens with zero attached hydrogens (tertiary/aromatic N) is 3. The Morgan fingerprint density at radius 3 is 2.41 bits per heavy atom. The molecular formula is C22H31IN4. The first-order valence-electron chi connectivity index (χ1n) is 9.39. The molecule has 1 unspecified atom stereocenters. The molecular weight excluding hydrogens is 447 g/mol. The third-order valence-electron chi connectivity index (χ3n) is 5.01. The van der Waals surface area contributed by atoms with Crippen molar-refractivity contribution >= 4 is 29.9 Å². The maximum atomic E-state index is 4.52. The molecule has 3 rings (SSSR count). The molecule has 4 nitrogen and oxygen atoms in total. The zero-order valence-electron chi connectivity index (χ0n) is 16.6. The Labute approximate surface area is 180 Å². The van der Waals surface area contributed by atoms with Crippen molar-refractivity contribution in [2.24, 2.45) is 4.99 Å². The van der Waals surface area contributed by atoms with E-state index in [1.165, 1.54) is 23.1 Å². The topological polar surface area (TPSA) is 30.9 Å². The Kier molecular flexibility index (Phi) is 8.57. The zero-order valence-corrected chi connectivity index (χ0v) is 18.9. The van der Waals surface area contributed by atoms with Crippen LogP contribution in [-0.2, 0) is 13.1 Å². The lowest BCUT2D eigenvalue weighted by Gasteiger charge is -2.23. The Bertz CT molecular complexity index is 730. The van der Waals surface area contributed by atoms with E-state index < -0.39 is 0 Å². The Balaban J connectivity index is 0.00000261. The number of nitrogens with one attached hydrogen (secondary N) is 1. The van der Waals surface area contributed by atoms with Gasteiger partial charge < -0.3 is 15.1 Å². The minimum absolute atomic E-state index is 0. The lowest BCUT2D eigenvalue weighted by Crippen LogP contribution is -2.39. The summed E-state index contributed by atoms with van der Waals surface area (Å²) in [7, 11) is 6.10. The van der Waals surface area contributed by atoms with E-state index in [1.807, 2.05) is 7.05 Å². The van der Waals surface area contributed by atoms with Crippen molar-refractivity contribution < 1.29 is 0 Å². The minimum Gasteiger partial charge on any atom is -0.352 e. The molecule has 1 aliphatic rings. The van der Waals surface area contributed by atoms with Gasteiger partial charge in [0.25, 0.3) is 0 Å². The molecule has 0 saturated carbocycles. The smallest absolute Gasteiger partial charge is 0.193 e. The van der Waals surface area contributed by atoms with Gasteiger partial charge >= 0.3 is 0 Å². The summed E-state index contributed by atoms with van der Waals surface area (Å²) in [6, 6.07) is 19.5. The van der Waals surface area contributed by atoms with Crippen molar-refractivity contribution in [2.45, 2.75) is 25.4 Å².